The number of hydrogen-bond acceptors (Lipinski definition) is 4. The highest BCUT2D eigenvalue weighted by atomic mass is 79.9. The Morgan fingerprint density at radius 1 is 1.61 bits per heavy atom. The van der Waals surface area contributed by atoms with E-state index >= 15 is 0 Å². The van der Waals surface area contributed by atoms with Crippen molar-refractivity contribution in [2.24, 2.45) is 5.73 Å². The maximum absolute atomic E-state index is 6.23. The maximum Gasteiger partial charge on any atom is 0.0702 e. The number of hydrogen-bond donors (Lipinski definition) is 1. The summed E-state index contributed by atoms with van der Waals surface area (Å²) >= 11 is 5.32. The molecular formula is C13H21BrN2OS. The van der Waals surface area contributed by atoms with Gasteiger partial charge in [-0.25, -0.2) is 0 Å². The summed E-state index contributed by atoms with van der Waals surface area (Å²) in [6.07, 6.45) is 1.11. The lowest BCUT2D eigenvalue weighted by molar-refractivity contribution is -0.0341. The van der Waals surface area contributed by atoms with Crippen LogP contribution < -0.4 is 5.73 Å². The lowest BCUT2D eigenvalue weighted by Gasteiger charge is -2.42. The van der Waals surface area contributed by atoms with Crippen LogP contribution in [0.1, 0.15) is 31.2 Å². The van der Waals surface area contributed by atoms with Crippen LogP contribution in [-0.4, -0.2) is 36.7 Å². The van der Waals surface area contributed by atoms with E-state index in [4.69, 9.17) is 10.5 Å². The minimum absolute atomic E-state index is 0.127. The molecule has 1 saturated heterocycles. The Balaban J connectivity index is 2.23. The third-order valence-corrected chi connectivity index (χ3v) is 5.18. The minimum atomic E-state index is 0.127. The molecule has 3 atom stereocenters. The lowest BCUT2D eigenvalue weighted by atomic mass is 10.0. The number of morpholine rings is 1. The van der Waals surface area contributed by atoms with Crippen molar-refractivity contribution in [3.8, 4) is 0 Å². The number of rotatable bonds is 4. The van der Waals surface area contributed by atoms with E-state index in [9.17, 15) is 0 Å². The summed E-state index contributed by atoms with van der Waals surface area (Å²) in [5.74, 6) is 0. The Bertz CT molecular complexity index is 383. The normalized spacial score (nSPS) is 25.0. The fraction of sp³-hybridized carbons (Fsp3) is 0.692. The molecule has 5 heteroatoms. The molecule has 1 fully saturated rings. The van der Waals surface area contributed by atoms with Crippen LogP contribution in [0.15, 0.2) is 15.9 Å². The van der Waals surface area contributed by atoms with Gasteiger partial charge in [-0.05, 0) is 41.4 Å². The Morgan fingerprint density at radius 2 is 2.39 bits per heavy atom. The van der Waals surface area contributed by atoms with Gasteiger partial charge in [0.2, 0.25) is 0 Å². The SMILES string of the molecule is CCC1COCCN1C(c1ccc(Br)s1)C(C)N. The highest BCUT2D eigenvalue weighted by Crippen LogP contribution is 2.34. The second-order valence-electron chi connectivity index (χ2n) is 4.82. The first-order valence-electron chi connectivity index (χ1n) is 6.47. The molecule has 0 aromatic carbocycles. The van der Waals surface area contributed by atoms with E-state index in [1.165, 1.54) is 8.66 Å². The molecule has 18 heavy (non-hydrogen) atoms. The van der Waals surface area contributed by atoms with Crippen LogP contribution in [0.2, 0.25) is 0 Å². The second-order valence-corrected chi connectivity index (χ2v) is 7.32. The summed E-state index contributed by atoms with van der Waals surface area (Å²) in [5, 5.41) is 0. The number of nitrogens with two attached hydrogens (primary N) is 1. The first-order chi connectivity index (χ1) is 8.63. The topological polar surface area (TPSA) is 38.5 Å². The fourth-order valence-electron chi connectivity index (χ4n) is 2.60. The molecule has 1 aromatic rings. The summed E-state index contributed by atoms with van der Waals surface area (Å²) < 4.78 is 6.76. The van der Waals surface area contributed by atoms with Crippen molar-refractivity contribution in [3.63, 3.8) is 0 Å². The fourth-order valence-corrected chi connectivity index (χ4v) is 4.26. The van der Waals surface area contributed by atoms with Crippen molar-refractivity contribution < 1.29 is 4.74 Å². The summed E-state index contributed by atoms with van der Waals surface area (Å²) in [6, 6.07) is 5.20. The highest BCUT2D eigenvalue weighted by Gasteiger charge is 2.32. The van der Waals surface area contributed by atoms with Crippen molar-refractivity contribution in [3.05, 3.63) is 20.8 Å². The minimum Gasteiger partial charge on any atom is -0.378 e. The molecule has 1 aliphatic rings. The Morgan fingerprint density at radius 3 is 2.94 bits per heavy atom. The van der Waals surface area contributed by atoms with Gasteiger partial charge in [-0.2, -0.15) is 0 Å². The largest absolute Gasteiger partial charge is 0.378 e. The standard InChI is InChI=1S/C13H21BrN2OS/c1-3-10-8-17-7-6-16(10)13(9(2)15)11-4-5-12(14)18-11/h4-5,9-10,13H,3,6-8,15H2,1-2H3. The molecule has 0 amide bonds. The lowest BCUT2D eigenvalue weighted by Crippen LogP contribution is -2.50. The van der Waals surface area contributed by atoms with Gasteiger partial charge in [0.25, 0.3) is 0 Å². The number of nitrogens with zero attached hydrogens (tertiary/aromatic N) is 1. The van der Waals surface area contributed by atoms with Crippen LogP contribution in [-0.2, 0) is 4.74 Å². The molecule has 1 aromatic heterocycles. The highest BCUT2D eigenvalue weighted by molar-refractivity contribution is 9.11. The summed E-state index contributed by atoms with van der Waals surface area (Å²) in [6.45, 7) is 6.92. The molecule has 2 heterocycles. The van der Waals surface area contributed by atoms with Crippen molar-refractivity contribution >= 4 is 27.3 Å². The molecule has 2 N–H and O–H groups in total. The first-order valence-corrected chi connectivity index (χ1v) is 8.08. The molecule has 1 aliphatic heterocycles. The van der Waals surface area contributed by atoms with E-state index in [2.05, 4.69) is 46.8 Å². The van der Waals surface area contributed by atoms with E-state index in [-0.39, 0.29) is 6.04 Å². The molecule has 2 rings (SSSR count). The van der Waals surface area contributed by atoms with Crippen molar-refractivity contribution in [1.82, 2.24) is 4.90 Å². The molecule has 0 saturated carbocycles. The molecule has 3 nitrogen and oxygen atoms in total. The Hall–Kier alpha value is 0.0600. The Labute approximate surface area is 121 Å². The molecule has 0 radical (unpaired) electrons. The van der Waals surface area contributed by atoms with Crippen LogP contribution in [0.25, 0.3) is 0 Å². The average Bonchev–Trinajstić information content (AvgIpc) is 2.76. The van der Waals surface area contributed by atoms with Crippen LogP contribution in [0.5, 0.6) is 0 Å². The van der Waals surface area contributed by atoms with Gasteiger partial charge in [0.1, 0.15) is 0 Å². The summed E-state index contributed by atoms with van der Waals surface area (Å²) in [5.41, 5.74) is 6.23. The molecule has 102 valence electrons. The van der Waals surface area contributed by atoms with E-state index in [0.717, 1.165) is 26.2 Å². The van der Waals surface area contributed by atoms with Crippen LogP contribution in [0, 0.1) is 0 Å². The van der Waals surface area contributed by atoms with Crippen molar-refractivity contribution in [2.45, 2.75) is 38.4 Å². The van der Waals surface area contributed by atoms with Crippen molar-refractivity contribution in [1.29, 1.82) is 0 Å². The summed E-state index contributed by atoms with van der Waals surface area (Å²) in [7, 11) is 0. The second kappa shape index (κ2) is 6.48. The van der Waals surface area contributed by atoms with Gasteiger partial charge in [0.05, 0.1) is 23.0 Å². The third-order valence-electron chi connectivity index (χ3n) is 3.49. The summed E-state index contributed by atoms with van der Waals surface area (Å²) in [4.78, 5) is 3.86. The van der Waals surface area contributed by atoms with Crippen molar-refractivity contribution in [2.75, 3.05) is 19.8 Å². The zero-order valence-corrected chi connectivity index (χ0v) is 13.3. The Kier molecular flexibility index (Phi) is 5.21. The van der Waals surface area contributed by atoms with Gasteiger partial charge in [-0.1, -0.05) is 6.92 Å². The number of halogens is 1. The first kappa shape index (κ1) is 14.5. The van der Waals surface area contributed by atoms with Gasteiger partial charge in [0.15, 0.2) is 0 Å². The zero-order valence-electron chi connectivity index (χ0n) is 10.9. The van der Waals surface area contributed by atoms with Gasteiger partial charge >= 0.3 is 0 Å². The monoisotopic (exact) mass is 332 g/mol. The number of thiophene rings is 1. The van der Waals surface area contributed by atoms with Gasteiger partial charge in [0, 0.05) is 23.5 Å². The van der Waals surface area contributed by atoms with E-state index in [1.54, 1.807) is 11.3 Å². The molecule has 0 bridgehead atoms. The van der Waals surface area contributed by atoms with E-state index in [0.29, 0.717) is 12.1 Å². The smallest absolute Gasteiger partial charge is 0.0702 e. The molecule has 0 spiro atoms. The predicted octanol–water partition coefficient (Wildman–Crippen LogP) is 3.01. The average molecular weight is 333 g/mol. The maximum atomic E-state index is 6.23. The van der Waals surface area contributed by atoms with Crippen LogP contribution in [0.4, 0.5) is 0 Å². The zero-order chi connectivity index (χ0) is 13.1. The van der Waals surface area contributed by atoms with Gasteiger partial charge in [-0.3, -0.25) is 4.90 Å². The molecular weight excluding hydrogens is 312 g/mol. The predicted molar refractivity (Wildman–Crippen MR) is 80.0 cm³/mol. The van der Waals surface area contributed by atoms with E-state index in [1.807, 2.05) is 0 Å². The van der Waals surface area contributed by atoms with Crippen LogP contribution >= 0.6 is 27.3 Å². The molecule has 3 unspecified atom stereocenters. The van der Waals surface area contributed by atoms with Gasteiger partial charge in [-0.15, -0.1) is 11.3 Å². The third kappa shape index (κ3) is 3.14. The van der Waals surface area contributed by atoms with Crippen LogP contribution in [0.3, 0.4) is 0 Å². The van der Waals surface area contributed by atoms with Gasteiger partial charge < -0.3 is 10.5 Å². The number of ether oxygens (including phenoxy) is 1. The molecule has 0 aliphatic carbocycles. The van der Waals surface area contributed by atoms with E-state index < -0.39 is 0 Å². The quantitative estimate of drug-likeness (QED) is 0.921.